The zero-order valence-electron chi connectivity index (χ0n) is 12.1. The van der Waals surface area contributed by atoms with Gasteiger partial charge in [-0.15, -0.1) is 0 Å². The topological polar surface area (TPSA) is 33.1 Å². The van der Waals surface area contributed by atoms with Gasteiger partial charge in [-0.3, -0.25) is 0 Å². The van der Waals surface area contributed by atoms with Crippen LogP contribution in [-0.2, 0) is 25.9 Å². The van der Waals surface area contributed by atoms with Crippen molar-refractivity contribution in [2.75, 3.05) is 26.2 Å². The van der Waals surface area contributed by atoms with Gasteiger partial charge in [0.05, 0.1) is 5.69 Å². The number of rotatable bonds is 5. The fourth-order valence-electron chi connectivity index (χ4n) is 3.42. The zero-order valence-corrected chi connectivity index (χ0v) is 12.1. The molecule has 0 aliphatic carbocycles. The van der Waals surface area contributed by atoms with Gasteiger partial charge in [0.1, 0.15) is 5.82 Å². The molecule has 1 saturated heterocycles. The minimum atomic E-state index is 0.960. The molecule has 3 rings (SSSR count). The molecule has 2 aliphatic rings. The second kappa shape index (κ2) is 6.06. The van der Waals surface area contributed by atoms with Crippen molar-refractivity contribution in [2.24, 2.45) is 0 Å². The van der Waals surface area contributed by atoms with Crippen LogP contribution in [0.5, 0.6) is 0 Å². The van der Waals surface area contributed by atoms with Crippen molar-refractivity contribution in [1.29, 1.82) is 0 Å². The van der Waals surface area contributed by atoms with E-state index in [9.17, 15) is 0 Å². The monoisotopic (exact) mass is 262 g/mol. The maximum absolute atomic E-state index is 4.81. The van der Waals surface area contributed by atoms with Gasteiger partial charge in [-0.1, -0.05) is 6.92 Å². The van der Waals surface area contributed by atoms with Gasteiger partial charge in [-0.25, -0.2) is 4.98 Å². The third-order valence-electron chi connectivity index (χ3n) is 4.44. The molecule has 106 valence electrons. The average Bonchev–Trinajstić information content (AvgIpc) is 3.06. The summed E-state index contributed by atoms with van der Waals surface area (Å²) in [6, 6.07) is 0. The van der Waals surface area contributed by atoms with Gasteiger partial charge in [-0.2, -0.15) is 0 Å². The Morgan fingerprint density at radius 1 is 1.21 bits per heavy atom. The molecule has 4 heteroatoms. The Hall–Kier alpha value is -0.870. The van der Waals surface area contributed by atoms with Crippen LogP contribution >= 0.6 is 0 Å². The summed E-state index contributed by atoms with van der Waals surface area (Å²) in [4.78, 5) is 7.41. The van der Waals surface area contributed by atoms with Crippen molar-refractivity contribution in [3.8, 4) is 0 Å². The van der Waals surface area contributed by atoms with E-state index in [1.54, 1.807) is 0 Å². The van der Waals surface area contributed by atoms with Crippen LogP contribution in [0.1, 0.15) is 43.4 Å². The molecule has 4 nitrogen and oxygen atoms in total. The first-order valence-electron chi connectivity index (χ1n) is 7.88. The highest BCUT2D eigenvalue weighted by molar-refractivity contribution is 5.20. The molecule has 0 radical (unpaired) electrons. The van der Waals surface area contributed by atoms with Crippen LogP contribution in [0.2, 0.25) is 0 Å². The molecule has 0 aromatic carbocycles. The van der Waals surface area contributed by atoms with E-state index >= 15 is 0 Å². The maximum atomic E-state index is 4.81. The highest BCUT2D eigenvalue weighted by atomic mass is 15.2. The summed E-state index contributed by atoms with van der Waals surface area (Å²) in [6.45, 7) is 9.32. The van der Waals surface area contributed by atoms with E-state index in [0.29, 0.717) is 0 Å². The van der Waals surface area contributed by atoms with E-state index in [1.807, 2.05) is 0 Å². The number of aromatic nitrogens is 2. The molecule has 2 aliphatic heterocycles. The number of nitrogens with one attached hydrogen (secondary N) is 1. The lowest BCUT2D eigenvalue weighted by atomic mass is 10.2. The predicted molar refractivity (Wildman–Crippen MR) is 77.3 cm³/mol. The second-order valence-electron chi connectivity index (χ2n) is 5.76. The van der Waals surface area contributed by atoms with Crippen molar-refractivity contribution in [3.05, 3.63) is 17.2 Å². The van der Waals surface area contributed by atoms with Gasteiger partial charge >= 0.3 is 0 Å². The van der Waals surface area contributed by atoms with Gasteiger partial charge in [-0.05, 0) is 38.9 Å². The van der Waals surface area contributed by atoms with Crippen molar-refractivity contribution < 1.29 is 0 Å². The van der Waals surface area contributed by atoms with Crippen LogP contribution in [0.3, 0.4) is 0 Å². The van der Waals surface area contributed by atoms with Crippen LogP contribution in [0, 0.1) is 0 Å². The predicted octanol–water partition coefficient (Wildman–Crippen LogP) is 1.58. The summed E-state index contributed by atoms with van der Waals surface area (Å²) in [5, 5.41) is 3.42. The molecule has 0 bridgehead atoms. The highest BCUT2D eigenvalue weighted by Gasteiger charge is 2.19. The highest BCUT2D eigenvalue weighted by Crippen LogP contribution is 2.17. The standard InChI is InChI=1S/C15H26N4/c1-2-15-17-13-12-16-7-6-14(13)19(15)11-5-10-18-8-3-4-9-18/h16H,2-12H2,1H3. The first-order valence-corrected chi connectivity index (χ1v) is 7.88. The smallest absolute Gasteiger partial charge is 0.108 e. The van der Waals surface area contributed by atoms with E-state index in [1.165, 1.54) is 56.1 Å². The van der Waals surface area contributed by atoms with Gasteiger partial charge in [0.2, 0.25) is 0 Å². The minimum Gasteiger partial charge on any atom is -0.332 e. The van der Waals surface area contributed by atoms with Crippen LogP contribution < -0.4 is 5.32 Å². The van der Waals surface area contributed by atoms with Gasteiger partial charge in [0, 0.05) is 38.2 Å². The fourth-order valence-corrected chi connectivity index (χ4v) is 3.42. The fraction of sp³-hybridized carbons (Fsp3) is 0.800. The maximum Gasteiger partial charge on any atom is 0.108 e. The molecule has 1 aromatic rings. The molecule has 1 N–H and O–H groups in total. The zero-order chi connectivity index (χ0) is 13.1. The Bertz CT molecular complexity index is 418. The van der Waals surface area contributed by atoms with Crippen LogP contribution in [-0.4, -0.2) is 40.6 Å². The van der Waals surface area contributed by atoms with Crippen LogP contribution in [0.4, 0.5) is 0 Å². The Labute approximate surface area is 116 Å². The summed E-state index contributed by atoms with van der Waals surface area (Å²) in [7, 11) is 0. The first-order chi connectivity index (χ1) is 9.38. The average molecular weight is 262 g/mol. The number of likely N-dealkylation sites (tertiary alicyclic amines) is 1. The summed E-state index contributed by atoms with van der Waals surface area (Å²) in [6.07, 6.45) is 6.25. The van der Waals surface area contributed by atoms with Crippen LogP contribution in [0.15, 0.2) is 0 Å². The third kappa shape index (κ3) is 2.84. The third-order valence-corrected chi connectivity index (χ3v) is 4.44. The van der Waals surface area contributed by atoms with Gasteiger partial charge in [0.15, 0.2) is 0 Å². The summed E-state index contributed by atoms with van der Waals surface area (Å²) in [5.74, 6) is 1.29. The van der Waals surface area contributed by atoms with Crippen molar-refractivity contribution in [1.82, 2.24) is 19.8 Å². The molecule has 19 heavy (non-hydrogen) atoms. The quantitative estimate of drug-likeness (QED) is 0.874. The van der Waals surface area contributed by atoms with E-state index in [2.05, 4.69) is 21.7 Å². The van der Waals surface area contributed by atoms with E-state index in [4.69, 9.17) is 4.98 Å². The van der Waals surface area contributed by atoms with Crippen molar-refractivity contribution in [2.45, 2.75) is 52.1 Å². The Morgan fingerprint density at radius 3 is 2.84 bits per heavy atom. The van der Waals surface area contributed by atoms with Crippen molar-refractivity contribution >= 4 is 0 Å². The molecule has 1 aromatic heterocycles. The Balaban J connectivity index is 1.63. The van der Waals surface area contributed by atoms with E-state index in [0.717, 1.165) is 32.5 Å². The van der Waals surface area contributed by atoms with Crippen molar-refractivity contribution in [3.63, 3.8) is 0 Å². The molecule has 0 spiro atoms. The molecule has 0 unspecified atom stereocenters. The molecule has 0 atom stereocenters. The van der Waals surface area contributed by atoms with E-state index in [-0.39, 0.29) is 0 Å². The number of hydrogen-bond acceptors (Lipinski definition) is 3. The molecular formula is C15H26N4. The van der Waals surface area contributed by atoms with Gasteiger partial charge < -0.3 is 14.8 Å². The largest absolute Gasteiger partial charge is 0.332 e. The normalized spacial score (nSPS) is 19.8. The number of nitrogens with zero attached hydrogens (tertiary/aromatic N) is 3. The molecular weight excluding hydrogens is 236 g/mol. The first kappa shape index (κ1) is 13.1. The summed E-state index contributed by atoms with van der Waals surface area (Å²) in [5.41, 5.74) is 2.79. The molecule has 0 amide bonds. The molecule has 0 saturated carbocycles. The number of imidazole rings is 1. The minimum absolute atomic E-state index is 0.960. The van der Waals surface area contributed by atoms with E-state index < -0.39 is 0 Å². The van der Waals surface area contributed by atoms with Crippen LogP contribution in [0.25, 0.3) is 0 Å². The lowest BCUT2D eigenvalue weighted by Crippen LogP contribution is -2.26. The Kier molecular flexibility index (Phi) is 4.18. The lowest BCUT2D eigenvalue weighted by molar-refractivity contribution is 0.323. The SMILES string of the molecule is CCc1nc2c(n1CCCN1CCCC1)CCNC2. The molecule has 3 heterocycles. The summed E-state index contributed by atoms with van der Waals surface area (Å²) >= 11 is 0. The number of aryl methyl sites for hydroxylation is 1. The second-order valence-corrected chi connectivity index (χ2v) is 5.76. The Morgan fingerprint density at radius 2 is 2.05 bits per heavy atom. The summed E-state index contributed by atoms with van der Waals surface area (Å²) < 4.78 is 2.51. The molecule has 1 fully saturated rings. The number of hydrogen-bond donors (Lipinski definition) is 1. The lowest BCUT2D eigenvalue weighted by Gasteiger charge is -2.18. The van der Waals surface area contributed by atoms with Gasteiger partial charge in [0.25, 0.3) is 0 Å². The number of fused-ring (bicyclic) bond motifs is 1.